The summed E-state index contributed by atoms with van der Waals surface area (Å²) in [5, 5.41) is 15.2. The molecule has 3 heterocycles. The van der Waals surface area contributed by atoms with Crippen LogP contribution in [0.3, 0.4) is 0 Å². The van der Waals surface area contributed by atoms with Gasteiger partial charge in [-0.25, -0.2) is 9.97 Å². The van der Waals surface area contributed by atoms with E-state index in [-0.39, 0.29) is 4.75 Å². The van der Waals surface area contributed by atoms with Crippen molar-refractivity contribution in [2.75, 3.05) is 25.0 Å². The Morgan fingerprint density at radius 3 is 2.62 bits per heavy atom. The molecular weight excluding hydrogens is 420 g/mol. The van der Waals surface area contributed by atoms with Crippen LogP contribution in [0.5, 0.6) is 5.75 Å². The van der Waals surface area contributed by atoms with Crippen LogP contribution in [0.2, 0.25) is 0 Å². The Bertz CT molecular complexity index is 1070. The summed E-state index contributed by atoms with van der Waals surface area (Å²) < 4.78 is 6.39. The van der Waals surface area contributed by atoms with Crippen molar-refractivity contribution in [3.8, 4) is 5.75 Å². The van der Waals surface area contributed by atoms with Crippen molar-refractivity contribution in [2.45, 2.75) is 63.5 Å². The van der Waals surface area contributed by atoms with Crippen LogP contribution in [0.15, 0.2) is 23.4 Å². The van der Waals surface area contributed by atoms with Gasteiger partial charge in [0.2, 0.25) is 0 Å². The summed E-state index contributed by atoms with van der Waals surface area (Å²) in [7, 11) is 0. The van der Waals surface area contributed by atoms with E-state index in [9.17, 15) is 0 Å². The first-order chi connectivity index (χ1) is 15.3. The van der Waals surface area contributed by atoms with Crippen LogP contribution in [-0.2, 0) is 0 Å². The van der Waals surface area contributed by atoms with Gasteiger partial charge >= 0.3 is 0 Å². The number of ether oxygens (including phenoxy) is 1. The summed E-state index contributed by atoms with van der Waals surface area (Å²) in [4.78, 5) is 10.2. The Labute approximate surface area is 194 Å². The first kappa shape index (κ1) is 22.9. The van der Waals surface area contributed by atoms with Gasteiger partial charge in [-0.2, -0.15) is 5.10 Å². The summed E-state index contributed by atoms with van der Waals surface area (Å²) in [5.74, 6) is 3.27. The molecule has 3 aromatic rings. The molecular formula is C24H34N6OS. The molecule has 0 unspecified atom stereocenters. The zero-order valence-corrected chi connectivity index (χ0v) is 20.5. The van der Waals surface area contributed by atoms with E-state index >= 15 is 0 Å². The second kappa shape index (κ2) is 9.67. The highest BCUT2D eigenvalue weighted by atomic mass is 32.2. The Morgan fingerprint density at radius 1 is 1.16 bits per heavy atom. The van der Waals surface area contributed by atoms with E-state index in [1.807, 2.05) is 25.6 Å². The van der Waals surface area contributed by atoms with Crippen LogP contribution in [0.4, 0.5) is 11.6 Å². The van der Waals surface area contributed by atoms with Crippen LogP contribution in [0, 0.1) is 19.8 Å². The van der Waals surface area contributed by atoms with Gasteiger partial charge in [0.15, 0.2) is 0 Å². The Morgan fingerprint density at radius 2 is 1.94 bits per heavy atom. The largest absolute Gasteiger partial charge is 0.492 e. The molecule has 8 heteroatoms. The number of nitrogens with one attached hydrogen (secondary N) is 3. The fourth-order valence-electron chi connectivity index (χ4n) is 3.92. The lowest BCUT2D eigenvalue weighted by Gasteiger charge is -2.24. The molecule has 0 radical (unpaired) electrons. The molecule has 2 aromatic heterocycles. The number of benzene rings is 1. The minimum absolute atomic E-state index is 0.0567. The van der Waals surface area contributed by atoms with Crippen LogP contribution < -0.4 is 15.4 Å². The van der Waals surface area contributed by atoms with Crippen LogP contribution >= 0.6 is 11.8 Å². The van der Waals surface area contributed by atoms with Gasteiger partial charge in [-0.1, -0.05) is 20.8 Å². The van der Waals surface area contributed by atoms with Gasteiger partial charge in [0.25, 0.3) is 0 Å². The topological polar surface area (TPSA) is 87.8 Å². The zero-order valence-electron chi connectivity index (χ0n) is 19.7. The SMILES string of the molecule is Cc1n[nH]c(Nc2ncnc3cc(OCCC4CCNCC4)c(SC(C)(C)C)cc23)c1C. The number of nitrogens with zero attached hydrogens (tertiary/aromatic N) is 3. The van der Waals surface area contributed by atoms with E-state index in [2.05, 4.69) is 63.7 Å². The highest BCUT2D eigenvalue weighted by Gasteiger charge is 2.20. The second-order valence-electron chi connectivity index (χ2n) is 9.52. The lowest BCUT2D eigenvalue weighted by molar-refractivity contribution is 0.248. The van der Waals surface area contributed by atoms with Gasteiger partial charge in [0.1, 0.15) is 23.7 Å². The third-order valence-corrected chi connectivity index (χ3v) is 7.01. The van der Waals surface area contributed by atoms with Gasteiger partial charge < -0.3 is 15.4 Å². The maximum absolute atomic E-state index is 6.34. The number of piperidine rings is 1. The van der Waals surface area contributed by atoms with Gasteiger partial charge in [-0.05, 0) is 58.2 Å². The van der Waals surface area contributed by atoms with E-state index in [4.69, 9.17) is 4.74 Å². The quantitative estimate of drug-likeness (QED) is 0.414. The van der Waals surface area contributed by atoms with Crippen molar-refractivity contribution in [3.05, 3.63) is 29.7 Å². The number of aromatic nitrogens is 4. The minimum atomic E-state index is 0.0567. The third-order valence-electron chi connectivity index (χ3n) is 5.86. The van der Waals surface area contributed by atoms with Gasteiger partial charge in [-0.3, -0.25) is 5.10 Å². The summed E-state index contributed by atoms with van der Waals surface area (Å²) in [6.07, 6.45) is 5.16. The summed E-state index contributed by atoms with van der Waals surface area (Å²) >= 11 is 1.81. The zero-order chi connectivity index (χ0) is 22.7. The van der Waals surface area contributed by atoms with Crippen molar-refractivity contribution in [2.24, 2.45) is 5.92 Å². The molecule has 1 aliphatic heterocycles. The number of hydrogen-bond acceptors (Lipinski definition) is 7. The van der Waals surface area contributed by atoms with E-state index in [1.54, 1.807) is 6.33 Å². The van der Waals surface area contributed by atoms with E-state index in [0.717, 1.165) is 76.5 Å². The Balaban J connectivity index is 1.62. The lowest BCUT2D eigenvalue weighted by Crippen LogP contribution is -2.28. The summed E-state index contributed by atoms with van der Waals surface area (Å²) in [6.45, 7) is 13.7. The standard InChI is InChI=1S/C24H34N6OS/c1-15-16(2)29-30-22(15)28-23-18-12-21(32-24(3,4)5)20(13-19(18)26-14-27-23)31-11-8-17-6-9-25-10-7-17/h12-14,17,25H,6-11H2,1-5H3,(H2,26,27,28,29,30). The number of H-pyrrole nitrogens is 1. The van der Waals surface area contributed by atoms with E-state index in [0.29, 0.717) is 0 Å². The molecule has 0 amide bonds. The second-order valence-corrected chi connectivity index (χ2v) is 11.4. The first-order valence-electron chi connectivity index (χ1n) is 11.4. The molecule has 1 saturated heterocycles. The maximum Gasteiger partial charge on any atom is 0.142 e. The van der Waals surface area contributed by atoms with Crippen molar-refractivity contribution in [1.82, 2.24) is 25.5 Å². The Kier molecular flexibility index (Phi) is 6.90. The van der Waals surface area contributed by atoms with Crippen molar-refractivity contribution >= 4 is 34.3 Å². The molecule has 1 fully saturated rings. The molecule has 0 spiro atoms. The number of rotatable bonds is 7. The monoisotopic (exact) mass is 454 g/mol. The summed E-state index contributed by atoms with van der Waals surface area (Å²) in [5.41, 5.74) is 2.92. The van der Waals surface area contributed by atoms with E-state index in [1.165, 1.54) is 12.8 Å². The molecule has 0 aliphatic carbocycles. The highest BCUT2D eigenvalue weighted by Crippen LogP contribution is 2.41. The molecule has 1 aromatic carbocycles. The number of hydrogen-bond donors (Lipinski definition) is 3. The fourth-order valence-corrected chi connectivity index (χ4v) is 4.98. The van der Waals surface area contributed by atoms with Gasteiger partial charge in [-0.15, -0.1) is 11.8 Å². The third kappa shape index (κ3) is 5.53. The van der Waals surface area contributed by atoms with Gasteiger partial charge in [0.05, 0.1) is 22.7 Å². The van der Waals surface area contributed by atoms with Crippen molar-refractivity contribution in [1.29, 1.82) is 0 Å². The molecule has 3 N–H and O–H groups in total. The molecule has 7 nitrogen and oxygen atoms in total. The molecule has 32 heavy (non-hydrogen) atoms. The van der Waals surface area contributed by atoms with Crippen molar-refractivity contribution in [3.63, 3.8) is 0 Å². The molecule has 172 valence electrons. The van der Waals surface area contributed by atoms with E-state index < -0.39 is 0 Å². The van der Waals surface area contributed by atoms with Crippen molar-refractivity contribution < 1.29 is 4.74 Å². The average Bonchev–Trinajstić information content (AvgIpc) is 3.06. The highest BCUT2D eigenvalue weighted by molar-refractivity contribution is 8.00. The first-order valence-corrected chi connectivity index (χ1v) is 12.2. The molecule has 4 rings (SSSR count). The molecule has 1 aliphatic rings. The molecule has 0 saturated carbocycles. The predicted octanol–water partition coefficient (Wildman–Crippen LogP) is 5.37. The number of aromatic amines is 1. The van der Waals surface area contributed by atoms with Crippen LogP contribution in [-0.4, -0.2) is 44.6 Å². The minimum Gasteiger partial charge on any atom is -0.492 e. The number of anilines is 2. The molecule has 0 bridgehead atoms. The Hall–Kier alpha value is -2.32. The van der Waals surface area contributed by atoms with Crippen LogP contribution in [0.1, 0.15) is 51.3 Å². The maximum atomic E-state index is 6.34. The van der Waals surface area contributed by atoms with Crippen LogP contribution in [0.25, 0.3) is 10.9 Å². The average molecular weight is 455 g/mol. The smallest absolute Gasteiger partial charge is 0.142 e. The predicted molar refractivity (Wildman–Crippen MR) is 132 cm³/mol. The number of aryl methyl sites for hydroxylation is 1. The number of thioether (sulfide) groups is 1. The molecule has 0 atom stereocenters. The normalized spacial score (nSPS) is 15.3. The fraction of sp³-hybridized carbons (Fsp3) is 0.542. The number of fused-ring (bicyclic) bond motifs is 1. The van der Waals surface area contributed by atoms with Gasteiger partial charge in [0, 0.05) is 21.8 Å². The summed E-state index contributed by atoms with van der Waals surface area (Å²) in [6, 6.07) is 4.22. The lowest BCUT2D eigenvalue weighted by atomic mass is 9.95.